The number of rotatable bonds is 1. The van der Waals surface area contributed by atoms with Gasteiger partial charge in [0.1, 0.15) is 0 Å². The quantitative estimate of drug-likeness (QED) is 0.738. The second-order valence-electron chi connectivity index (χ2n) is 5.22. The predicted octanol–water partition coefficient (Wildman–Crippen LogP) is 2.23. The third-order valence-corrected chi connectivity index (χ3v) is 6.00. The van der Waals surface area contributed by atoms with Gasteiger partial charge < -0.3 is 0 Å². The van der Waals surface area contributed by atoms with Crippen LogP contribution in [0, 0.1) is 0 Å². The number of benzene rings is 1. The van der Waals surface area contributed by atoms with Crippen molar-refractivity contribution in [2.24, 2.45) is 0 Å². The van der Waals surface area contributed by atoms with Crippen molar-refractivity contribution in [3.05, 3.63) is 48.5 Å². The van der Waals surface area contributed by atoms with Gasteiger partial charge in [-0.2, -0.15) is 0 Å². The number of hydrogen-bond donors (Lipinski definition) is 0. The molecule has 1 saturated heterocycles. The molecular formula is C15H15N3SSe. The zero-order valence-electron chi connectivity index (χ0n) is 11.0. The van der Waals surface area contributed by atoms with Crippen LogP contribution in [0.2, 0.25) is 0 Å². The van der Waals surface area contributed by atoms with Crippen LogP contribution in [0.1, 0.15) is 18.7 Å². The molecule has 2 aliphatic rings. The van der Waals surface area contributed by atoms with Crippen LogP contribution >= 0.6 is 11.8 Å². The van der Waals surface area contributed by atoms with Crippen LogP contribution < -0.4 is 4.90 Å². The third-order valence-electron chi connectivity index (χ3n) is 4.22. The molecule has 0 atom stereocenters. The standard InChI is InChI=1S/C15H15N3SSe/c20-14-17-9-8-16-13(17)15(6-10-19-11-7-15)18(14)12-4-2-1-3-5-12/h1-5,8-9H,6-7,10-11H2. The van der Waals surface area contributed by atoms with E-state index in [2.05, 4.69) is 66.6 Å². The number of para-hydroxylation sites is 1. The summed E-state index contributed by atoms with van der Waals surface area (Å²) in [5, 5.41) is 0. The summed E-state index contributed by atoms with van der Waals surface area (Å²) < 4.78 is 3.36. The van der Waals surface area contributed by atoms with Crippen molar-refractivity contribution in [3.8, 4) is 0 Å². The van der Waals surface area contributed by atoms with E-state index in [4.69, 9.17) is 0 Å². The Morgan fingerprint density at radius 1 is 1.15 bits per heavy atom. The maximum atomic E-state index is 4.67. The molecule has 5 heteroatoms. The Hall–Kier alpha value is -1.03. The molecule has 1 aromatic carbocycles. The molecule has 2 aromatic rings. The first-order valence-electron chi connectivity index (χ1n) is 6.84. The second kappa shape index (κ2) is 4.76. The van der Waals surface area contributed by atoms with Crippen LogP contribution in [0.3, 0.4) is 0 Å². The van der Waals surface area contributed by atoms with E-state index in [1.54, 1.807) is 0 Å². The van der Waals surface area contributed by atoms with Gasteiger partial charge in [-0.25, -0.2) is 0 Å². The van der Waals surface area contributed by atoms with Crippen LogP contribution in [0.25, 0.3) is 0 Å². The normalized spacial score (nSPS) is 20.4. The molecule has 1 spiro atoms. The SMILES string of the molecule is [Se]=C1N(c2ccccc2)C2(CCSCC2)c2nccn21. The van der Waals surface area contributed by atoms with E-state index in [9.17, 15) is 0 Å². The van der Waals surface area contributed by atoms with Crippen molar-refractivity contribution in [1.82, 2.24) is 9.55 Å². The molecule has 102 valence electrons. The number of nitrogens with zero attached hydrogens (tertiary/aromatic N) is 3. The monoisotopic (exact) mass is 349 g/mol. The molecule has 3 nitrogen and oxygen atoms in total. The van der Waals surface area contributed by atoms with Crippen molar-refractivity contribution in [3.63, 3.8) is 0 Å². The van der Waals surface area contributed by atoms with Gasteiger partial charge in [-0.15, -0.1) is 0 Å². The molecule has 1 fully saturated rings. The summed E-state index contributed by atoms with van der Waals surface area (Å²) in [6.45, 7) is 0. The Labute approximate surface area is 130 Å². The molecule has 0 amide bonds. The van der Waals surface area contributed by atoms with Gasteiger partial charge in [0, 0.05) is 0 Å². The summed E-state index contributed by atoms with van der Waals surface area (Å²) in [7, 11) is 0. The van der Waals surface area contributed by atoms with Crippen LogP contribution in [-0.4, -0.2) is 41.3 Å². The van der Waals surface area contributed by atoms with Gasteiger partial charge in [-0.3, -0.25) is 0 Å². The molecule has 1 aromatic heterocycles. The zero-order chi connectivity index (χ0) is 13.6. The van der Waals surface area contributed by atoms with Crippen molar-refractivity contribution in [2.45, 2.75) is 18.4 Å². The first-order chi connectivity index (χ1) is 9.83. The van der Waals surface area contributed by atoms with Gasteiger partial charge in [0.05, 0.1) is 0 Å². The average molecular weight is 348 g/mol. The number of fused-ring (bicyclic) bond motifs is 2. The summed E-state index contributed by atoms with van der Waals surface area (Å²) in [6.07, 6.45) is 6.27. The fraction of sp³-hybridized carbons (Fsp3) is 0.333. The topological polar surface area (TPSA) is 21.1 Å². The Balaban J connectivity index is 1.89. The average Bonchev–Trinajstić information content (AvgIpc) is 3.06. The summed E-state index contributed by atoms with van der Waals surface area (Å²) in [5.41, 5.74) is 1.27. The number of thioether (sulfide) groups is 1. The molecule has 0 N–H and O–H groups in total. The Morgan fingerprint density at radius 3 is 2.65 bits per heavy atom. The minimum atomic E-state index is 0.0245. The zero-order valence-corrected chi connectivity index (χ0v) is 13.6. The molecule has 0 radical (unpaired) electrons. The van der Waals surface area contributed by atoms with Crippen LogP contribution in [0.15, 0.2) is 42.7 Å². The van der Waals surface area contributed by atoms with E-state index in [-0.39, 0.29) is 5.54 Å². The molecule has 0 bridgehead atoms. The van der Waals surface area contributed by atoms with E-state index in [1.165, 1.54) is 23.0 Å². The molecule has 0 aliphatic carbocycles. The summed E-state index contributed by atoms with van der Waals surface area (Å²) in [4.78, 5) is 7.12. The van der Waals surface area contributed by atoms with Crippen LogP contribution in [0.4, 0.5) is 5.69 Å². The number of aromatic nitrogens is 2. The minimum absolute atomic E-state index is 0.0245. The van der Waals surface area contributed by atoms with Crippen molar-refractivity contribution in [1.29, 1.82) is 0 Å². The van der Waals surface area contributed by atoms with Gasteiger partial charge in [0.2, 0.25) is 0 Å². The molecule has 20 heavy (non-hydrogen) atoms. The van der Waals surface area contributed by atoms with Crippen molar-refractivity contribution >= 4 is 37.7 Å². The van der Waals surface area contributed by atoms with Gasteiger partial charge in [0.15, 0.2) is 0 Å². The van der Waals surface area contributed by atoms with Crippen LogP contribution in [0.5, 0.6) is 0 Å². The molecule has 0 unspecified atom stereocenters. The van der Waals surface area contributed by atoms with Crippen molar-refractivity contribution < 1.29 is 0 Å². The molecule has 4 rings (SSSR count). The summed E-state index contributed by atoms with van der Waals surface area (Å²) in [6, 6.07) is 10.7. The van der Waals surface area contributed by atoms with E-state index in [0.717, 1.165) is 17.5 Å². The van der Waals surface area contributed by atoms with Gasteiger partial charge in [-0.1, -0.05) is 0 Å². The Bertz CT molecular complexity index is 646. The first kappa shape index (κ1) is 12.7. The third kappa shape index (κ3) is 1.67. The Morgan fingerprint density at radius 2 is 1.90 bits per heavy atom. The van der Waals surface area contributed by atoms with E-state index < -0.39 is 0 Å². The van der Waals surface area contributed by atoms with Gasteiger partial charge in [-0.05, 0) is 0 Å². The summed E-state index contributed by atoms with van der Waals surface area (Å²) in [5.74, 6) is 3.59. The maximum absolute atomic E-state index is 4.67. The summed E-state index contributed by atoms with van der Waals surface area (Å²) >= 11 is 5.31. The fourth-order valence-electron chi connectivity index (χ4n) is 3.28. The Kier molecular flexibility index (Phi) is 3.02. The van der Waals surface area contributed by atoms with E-state index >= 15 is 0 Å². The number of anilines is 1. The van der Waals surface area contributed by atoms with E-state index in [0.29, 0.717) is 0 Å². The fourth-order valence-corrected chi connectivity index (χ4v) is 5.35. The molecular weight excluding hydrogens is 333 g/mol. The predicted molar refractivity (Wildman–Crippen MR) is 85.5 cm³/mol. The molecule has 2 aliphatic heterocycles. The first-order valence-corrected chi connectivity index (χ1v) is 8.85. The van der Waals surface area contributed by atoms with Crippen LogP contribution in [-0.2, 0) is 5.54 Å². The molecule has 3 heterocycles. The van der Waals surface area contributed by atoms with E-state index in [1.807, 2.05) is 18.0 Å². The number of hydrogen-bond acceptors (Lipinski definition) is 3. The molecule has 0 saturated carbocycles. The van der Waals surface area contributed by atoms with Gasteiger partial charge in [0.25, 0.3) is 0 Å². The van der Waals surface area contributed by atoms with Gasteiger partial charge >= 0.3 is 131 Å². The van der Waals surface area contributed by atoms with Crippen molar-refractivity contribution in [2.75, 3.05) is 16.4 Å². The number of imidazole rings is 1. The second-order valence-corrected chi connectivity index (χ2v) is 7.21.